The van der Waals surface area contributed by atoms with Crippen LogP contribution in [0.2, 0.25) is 0 Å². The molecule has 0 unspecified atom stereocenters. The largest absolute Gasteiger partial charge is 0.311 e. The highest BCUT2D eigenvalue weighted by molar-refractivity contribution is 7.00. The summed E-state index contributed by atoms with van der Waals surface area (Å²) in [6.07, 6.45) is 0. The molecule has 0 N–H and O–H groups in total. The SMILES string of the molecule is CC(C)(C)c1cc2c3c(c1)N(c1ccccc1)c1cc(-n4c5ccc(C(C)(C)C)cc5c5ccc6ccccc6c54)ccc1B3c1ccc(-n3c4ccc(C(C)(C)C)cc4c4ccc5ccccc5c43)cc1N2c1ccccc1. The fourth-order valence-electron chi connectivity index (χ4n) is 13.4. The maximum Gasteiger partial charge on any atom is 0.252 e. The van der Waals surface area contributed by atoms with Crippen molar-refractivity contribution < 1.29 is 0 Å². The third kappa shape index (κ3) is 7.14. The molecule has 0 aliphatic carbocycles. The van der Waals surface area contributed by atoms with Gasteiger partial charge < -0.3 is 18.9 Å². The van der Waals surface area contributed by atoms with Gasteiger partial charge in [0.15, 0.2) is 0 Å². The molecule has 0 spiro atoms. The van der Waals surface area contributed by atoms with Crippen molar-refractivity contribution in [2.45, 2.75) is 78.6 Å². The Morgan fingerprint density at radius 1 is 0.291 bits per heavy atom. The molecule has 5 heteroatoms. The Balaban J connectivity index is 1.04. The topological polar surface area (TPSA) is 16.3 Å². The summed E-state index contributed by atoms with van der Waals surface area (Å²) in [5, 5.41) is 10.1. The van der Waals surface area contributed by atoms with E-state index in [1.165, 1.54) is 121 Å². The summed E-state index contributed by atoms with van der Waals surface area (Å²) in [6.45, 7) is 20.9. The summed E-state index contributed by atoms with van der Waals surface area (Å²) in [7, 11) is 0. The normalized spacial score (nSPS) is 13.6. The number of aromatic nitrogens is 2. The van der Waals surface area contributed by atoms with E-state index in [1.807, 2.05) is 0 Å². The quantitative estimate of drug-likeness (QED) is 0.163. The van der Waals surface area contributed by atoms with Gasteiger partial charge in [0.1, 0.15) is 0 Å². The molecule has 2 aromatic heterocycles. The molecule has 0 saturated carbocycles. The molecule has 0 atom stereocenters. The first-order valence-corrected chi connectivity index (χ1v) is 28.2. The molecule has 13 aromatic rings. The third-order valence-corrected chi connectivity index (χ3v) is 17.5. The molecule has 79 heavy (non-hydrogen) atoms. The lowest BCUT2D eigenvalue weighted by atomic mass is 9.33. The van der Waals surface area contributed by atoms with Crippen molar-refractivity contribution >= 4 is 122 Å². The van der Waals surface area contributed by atoms with Gasteiger partial charge in [-0.05, 0) is 145 Å². The molecule has 11 aromatic carbocycles. The molecule has 0 bridgehead atoms. The van der Waals surface area contributed by atoms with Crippen molar-refractivity contribution in [1.29, 1.82) is 0 Å². The van der Waals surface area contributed by atoms with E-state index in [2.05, 4.69) is 300 Å². The summed E-state index contributed by atoms with van der Waals surface area (Å²) in [5.74, 6) is 0. The van der Waals surface area contributed by atoms with E-state index in [9.17, 15) is 0 Å². The minimum absolute atomic E-state index is 0.000743. The fraction of sp³-hybridized carbons (Fsp3) is 0.162. The van der Waals surface area contributed by atoms with Crippen molar-refractivity contribution in [2.75, 3.05) is 9.80 Å². The minimum Gasteiger partial charge on any atom is -0.311 e. The van der Waals surface area contributed by atoms with Crippen LogP contribution >= 0.6 is 0 Å². The van der Waals surface area contributed by atoms with Crippen LogP contribution in [0.1, 0.15) is 79.0 Å². The maximum absolute atomic E-state index is 2.57. The van der Waals surface area contributed by atoms with Crippen molar-refractivity contribution in [3.05, 3.63) is 235 Å². The summed E-state index contributed by atoms with van der Waals surface area (Å²) >= 11 is 0. The highest BCUT2D eigenvalue weighted by Gasteiger charge is 2.44. The second-order valence-electron chi connectivity index (χ2n) is 25.4. The molecule has 0 saturated heterocycles. The van der Waals surface area contributed by atoms with Gasteiger partial charge in [0, 0.05) is 77.8 Å². The van der Waals surface area contributed by atoms with Crippen LogP contribution in [0.3, 0.4) is 0 Å². The Bertz CT molecular complexity index is 4390. The standard InChI is InChI=1S/C74H63BN4/c1-72(2,3)48-30-38-63-59(40-48)57-34-28-46-20-16-18-26-55(46)70(57)78(63)53-32-36-61-65(44-53)76(51-22-12-10-13-23-51)67-42-50(74(7,8)9)43-68-69(67)75(61)62-37-33-54(45-66(62)77(68)52-24-14-11-15-25-52)79-64-39-31-49(73(4,5)6)41-60(64)58-35-29-47-21-17-19-27-56(47)71(58)79/h10-45H,1-9H3. The Kier molecular flexibility index (Phi) is 10.1. The molecular formula is C74H63BN4. The van der Waals surface area contributed by atoms with E-state index in [1.54, 1.807) is 0 Å². The summed E-state index contributed by atoms with van der Waals surface area (Å²) < 4.78 is 5.10. The fourth-order valence-corrected chi connectivity index (χ4v) is 13.4. The Morgan fingerprint density at radius 3 is 1.11 bits per heavy atom. The van der Waals surface area contributed by atoms with Crippen LogP contribution in [0.15, 0.2) is 218 Å². The third-order valence-electron chi connectivity index (χ3n) is 17.5. The Morgan fingerprint density at radius 2 is 0.696 bits per heavy atom. The van der Waals surface area contributed by atoms with Crippen molar-refractivity contribution in [3.63, 3.8) is 0 Å². The lowest BCUT2D eigenvalue weighted by Gasteiger charge is -2.45. The van der Waals surface area contributed by atoms with Crippen LogP contribution in [0.4, 0.5) is 34.1 Å². The van der Waals surface area contributed by atoms with Crippen LogP contribution in [-0.2, 0) is 16.2 Å². The number of para-hydroxylation sites is 2. The first kappa shape index (κ1) is 47.4. The average Bonchev–Trinajstić information content (AvgIpc) is 3.67. The van der Waals surface area contributed by atoms with E-state index in [0.29, 0.717) is 0 Å². The highest BCUT2D eigenvalue weighted by atomic mass is 15.2. The number of fused-ring (bicyclic) bond motifs is 14. The zero-order valence-electron chi connectivity index (χ0n) is 46.7. The number of nitrogens with zero attached hydrogens (tertiary/aromatic N) is 4. The van der Waals surface area contributed by atoms with E-state index in [-0.39, 0.29) is 23.0 Å². The summed E-state index contributed by atoms with van der Waals surface area (Å²) in [4.78, 5) is 5.15. The predicted molar refractivity (Wildman–Crippen MR) is 340 cm³/mol. The van der Waals surface area contributed by atoms with Gasteiger partial charge >= 0.3 is 0 Å². The molecule has 4 heterocycles. The van der Waals surface area contributed by atoms with Gasteiger partial charge in [0.25, 0.3) is 6.71 Å². The summed E-state index contributed by atoms with van der Waals surface area (Å²) in [6, 6.07) is 83.3. The number of anilines is 6. The molecule has 15 rings (SSSR count). The van der Waals surface area contributed by atoms with Gasteiger partial charge in [-0.3, -0.25) is 0 Å². The molecule has 0 radical (unpaired) electrons. The van der Waals surface area contributed by atoms with Crippen LogP contribution in [0.5, 0.6) is 0 Å². The average molecular weight is 1020 g/mol. The lowest BCUT2D eigenvalue weighted by molar-refractivity contribution is 0.590. The van der Waals surface area contributed by atoms with Gasteiger partial charge in [-0.2, -0.15) is 0 Å². The van der Waals surface area contributed by atoms with E-state index >= 15 is 0 Å². The van der Waals surface area contributed by atoms with Crippen LogP contribution in [0, 0.1) is 0 Å². The van der Waals surface area contributed by atoms with E-state index < -0.39 is 0 Å². The molecular weight excluding hydrogens is 956 g/mol. The Hall–Kier alpha value is -8.80. The minimum atomic E-state index is -0.165. The first-order chi connectivity index (χ1) is 38.1. The van der Waals surface area contributed by atoms with Gasteiger partial charge in [-0.1, -0.05) is 196 Å². The summed E-state index contributed by atoms with van der Waals surface area (Å²) in [5.41, 5.74) is 21.9. The van der Waals surface area contributed by atoms with Crippen LogP contribution < -0.4 is 26.2 Å². The lowest BCUT2D eigenvalue weighted by Crippen LogP contribution is -2.61. The second kappa shape index (κ2) is 16.9. The van der Waals surface area contributed by atoms with Gasteiger partial charge in [-0.15, -0.1) is 0 Å². The van der Waals surface area contributed by atoms with E-state index in [0.717, 1.165) is 22.7 Å². The Labute approximate surface area is 463 Å². The van der Waals surface area contributed by atoms with Gasteiger partial charge in [0.05, 0.1) is 22.1 Å². The maximum atomic E-state index is 2.57. The zero-order chi connectivity index (χ0) is 53.9. The first-order valence-electron chi connectivity index (χ1n) is 28.2. The molecule has 382 valence electrons. The molecule has 4 nitrogen and oxygen atoms in total. The van der Waals surface area contributed by atoms with Gasteiger partial charge in [0.2, 0.25) is 0 Å². The van der Waals surface area contributed by atoms with Crippen molar-refractivity contribution in [2.24, 2.45) is 0 Å². The van der Waals surface area contributed by atoms with Crippen LogP contribution in [0.25, 0.3) is 76.5 Å². The number of benzene rings is 11. The molecule has 0 fully saturated rings. The molecule has 0 amide bonds. The number of hydrogen-bond donors (Lipinski definition) is 0. The van der Waals surface area contributed by atoms with Crippen molar-refractivity contribution in [3.8, 4) is 11.4 Å². The monoisotopic (exact) mass is 1020 g/mol. The predicted octanol–water partition coefficient (Wildman–Crippen LogP) is 18.2. The molecule has 2 aliphatic rings. The number of hydrogen-bond acceptors (Lipinski definition) is 2. The molecule has 2 aliphatic heterocycles. The van der Waals surface area contributed by atoms with E-state index in [4.69, 9.17) is 0 Å². The number of rotatable bonds is 4. The highest BCUT2D eigenvalue weighted by Crippen LogP contribution is 2.49. The van der Waals surface area contributed by atoms with Crippen LogP contribution in [-0.4, -0.2) is 15.8 Å². The second-order valence-corrected chi connectivity index (χ2v) is 25.4. The van der Waals surface area contributed by atoms with Crippen molar-refractivity contribution in [1.82, 2.24) is 9.13 Å². The zero-order valence-corrected chi connectivity index (χ0v) is 46.7. The smallest absolute Gasteiger partial charge is 0.252 e. The van der Waals surface area contributed by atoms with Gasteiger partial charge in [-0.25, -0.2) is 0 Å².